The van der Waals surface area contributed by atoms with Gasteiger partial charge in [0.1, 0.15) is 6.29 Å². The number of carbonyl (C=O) groups is 1. The van der Waals surface area contributed by atoms with E-state index in [2.05, 4.69) is 57.2 Å². The molecule has 0 aromatic heterocycles. The van der Waals surface area contributed by atoms with Crippen LogP contribution >= 0.6 is 0 Å². The molecule has 0 aliphatic rings. The first-order chi connectivity index (χ1) is 9.00. The predicted molar refractivity (Wildman–Crippen MR) is 80.3 cm³/mol. The Morgan fingerprint density at radius 3 is 1.74 bits per heavy atom. The maximum absolute atomic E-state index is 10.5. The van der Waals surface area contributed by atoms with Crippen LogP contribution in [0.25, 0.3) is 11.1 Å². The van der Waals surface area contributed by atoms with Crippen LogP contribution in [0, 0.1) is 0 Å². The number of hydrogen-bond acceptors (Lipinski definition) is 1. The normalized spacial score (nSPS) is 11.3. The number of carbonyl (C=O) groups excluding carboxylic acids is 1. The second-order valence-corrected chi connectivity index (χ2v) is 5.90. The lowest BCUT2D eigenvalue weighted by atomic mass is 9.86. The van der Waals surface area contributed by atoms with E-state index in [-0.39, 0.29) is 5.41 Å². The quantitative estimate of drug-likeness (QED) is 0.740. The number of hydrogen-bond donors (Lipinski definition) is 0. The van der Waals surface area contributed by atoms with Gasteiger partial charge in [0.05, 0.1) is 0 Å². The SMILES string of the molecule is CC(C)(C)c1ccc(-c2ccc(CC=O)cc2)cc1. The van der Waals surface area contributed by atoms with Gasteiger partial charge in [-0.15, -0.1) is 0 Å². The molecule has 0 atom stereocenters. The molecule has 0 bridgehead atoms. The van der Waals surface area contributed by atoms with E-state index < -0.39 is 0 Å². The summed E-state index contributed by atoms with van der Waals surface area (Å²) in [5.74, 6) is 0. The summed E-state index contributed by atoms with van der Waals surface area (Å²) in [6.07, 6.45) is 1.43. The molecule has 0 amide bonds. The first kappa shape index (κ1) is 13.5. The Kier molecular flexibility index (Phi) is 3.84. The third kappa shape index (κ3) is 3.31. The Morgan fingerprint density at radius 2 is 1.32 bits per heavy atom. The summed E-state index contributed by atoms with van der Waals surface area (Å²) in [4.78, 5) is 10.5. The van der Waals surface area contributed by atoms with Crippen molar-refractivity contribution in [2.24, 2.45) is 0 Å². The van der Waals surface area contributed by atoms with Crippen molar-refractivity contribution in [2.45, 2.75) is 32.6 Å². The average molecular weight is 252 g/mol. The van der Waals surface area contributed by atoms with Crippen LogP contribution in [-0.2, 0) is 16.6 Å². The van der Waals surface area contributed by atoms with Crippen LogP contribution in [0.5, 0.6) is 0 Å². The van der Waals surface area contributed by atoms with E-state index >= 15 is 0 Å². The lowest BCUT2D eigenvalue weighted by Crippen LogP contribution is -2.10. The van der Waals surface area contributed by atoms with Gasteiger partial charge in [-0.25, -0.2) is 0 Å². The Balaban J connectivity index is 2.24. The highest BCUT2D eigenvalue weighted by Crippen LogP contribution is 2.26. The van der Waals surface area contributed by atoms with Gasteiger partial charge in [-0.2, -0.15) is 0 Å². The van der Waals surface area contributed by atoms with Crippen LogP contribution in [0.3, 0.4) is 0 Å². The largest absolute Gasteiger partial charge is 0.303 e. The number of benzene rings is 2. The minimum atomic E-state index is 0.187. The fraction of sp³-hybridized carbons (Fsp3) is 0.278. The lowest BCUT2D eigenvalue weighted by molar-refractivity contribution is -0.107. The molecule has 1 nitrogen and oxygen atoms in total. The zero-order valence-corrected chi connectivity index (χ0v) is 11.8. The van der Waals surface area contributed by atoms with Crippen LogP contribution < -0.4 is 0 Å². The van der Waals surface area contributed by atoms with E-state index in [1.807, 2.05) is 12.1 Å². The monoisotopic (exact) mass is 252 g/mol. The molecule has 0 N–H and O–H groups in total. The zero-order chi connectivity index (χ0) is 13.9. The summed E-state index contributed by atoms with van der Waals surface area (Å²) in [7, 11) is 0. The van der Waals surface area contributed by atoms with Crippen molar-refractivity contribution in [1.82, 2.24) is 0 Å². The summed E-state index contributed by atoms with van der Waals surface area (Å²) < 4.78 is 0. The smallest absolute Gasteiger partial charge is 0.124 e. The first-order valence-electron chi connectivity index (χ1n) is 6.64. The van der Waals surface area contributed by atoms with Crippen molar-refractivity contribution in [2.75, 3.05) is 0 Å². The second kappa shape index (κ2) is 5.40. The van der Waals surface area contributed by atoms with Crippen molar-refractivity contribution in [3.05, 3.63) is 59.7 Å². The van der Waals surface area contributed by atoms with Crippen LogP contribution in [0.2, 0.25) is 0 Å². The van der Waals surface area contributed by atoms with Gasteiger partial charge in [-0.05, 0) is 27.7 Å². The van der Waals surface area contributed by atoms with Crippen molar-refractivity contribution in [3.8, 4) is 11.1 Å². The third-order valence-corrected chi connectivity index (χ3v) is 3.36. The molecular formula is C18H20O. The average Bonchev–Trinajstić information content (AvgIpc) is 2.39. The molecular weight excluding hydrogens is 232 g/mol. The molecule has 0 radical (unpaired) electrons. The Labute approximate surface area is 115 Å². The molecule has 2 aromatic carbocycles. The van der Waals surface area contributed by atoms with E-state index in [1.54, 1.807) is 0 Å². The van der Waals surface area contributed by atoms with E-state index in [9.17, 15) is 4.79 Å². The van der Waals surface area contributed by atoms with Gasteiger partial charge in [0.15, 0.2) is 0 Å². The third-order valence-electron chi connectivity index (χ3n) is 3.36. The molecule has 19 heavy (non-hydrogen) atoms. The number of rotatable bonds is 3. The van der Waals surface area contributed by atoms with Crippen molar-refractivity contribution in [3.63, 3.8) is 0 Å². The highest BCUT2D eigenvalue weighted by molar-refractivity contribution is 5.65. The van der Waals surface area contributed by atoms with Crippen molar-refractivity contribution >= 4 is 6.29 Å². The highest BCUT2D eigenvalue weighted by atomic mass is 16.1. The molecule has 0 spiro atoms. The maximum atomic E-state index is 10.5. The standard InChI is InChI=1S/C18H20O/c1-18(2,3)17-10-8-16(9-11-17)15-6-4-14(5-7-15)12-13-19/h4-11,13H,12H2,1-3H3. The minimum absolute atomic E-state index is 0.187. The summed E-state index contributed by atoms with van der Waals surface area (Å²) in [6, 6.07) is 16.9. The predicted octanol–water partition coefficient (Wildman–Crippen LogP) is 4.39. The molecule has 0 saturated carbocycles. The molecule has 1 heteroatoms. The van der Waals surface area contributed by atoms with Crippen LogP contribution in [0.1, 0.15) is 31.9 Å². The van der Waals surface area contributed by atoms with E-state index in [0.717, 1.165) is 11.8 Å². The van der Waals surface area contributed by atoms with Gasteiger partial charge >= 0.3 is 0 Å². The van der Waals surface area contributed by atoms with E-state index in [4.69, 9.17) is 0 Å². The summed E-state index contributed by atoms with van der Waals surface area (Å²) >= 11 is 0. The molecule has 0 unspecified atom stereocenters. The van der Waals surface area contributed by atoms with Gasteiger partial charge in [0.25, 0.3) is 0 Å². The molecule has 0 aliphatic heterocycles. The summed E-state index contributed by atoms with van der Waals surface area (Å²) in [6.45, 7) is 6.66. The van der Waals surface area contributed by atoms with Gasteiger partial charge < -0.3 is 4.79 Å². The maximum Gasteiger partial charge on any atom is 0.124 e. The number of aldehydes is 1. The molecule has 0 heterocycles. The molecule has 0 aliphatic carbocycles. The highest BCUT2D eigenvalue weighted by Gasteiger charge is 2.12. The first-order valence-corrected chi connectivity index (χ1v) is 6.64. The van der Waals surface area contributed by atoms with Crippen molar-refractivity contribution < 1.29 is 4.79 Å². The van der Waals surface area contributed by atoms with Gasteiger partial charge in [-0.1, -0.05) is 69.3 Å². The lowest BCUT2D eigenvalue weighted by Gasteiger charge is -2.19. The molecule has 0 fully saturated rings. The fourth-order valence-corrected chi connectivity index (χ4v) is 2.09. The van der Waals surface area contributed by atoms with Crippen LogP contribution in [-0.4, -0.2) is 6.29 Å². The molecule has 98 valence electrons. The minimum Gasteiger partial charge on any atom is -0.303 e. The topological polar surface area (TPSA) is 17.1 Å². The molecule has 0 saturated heterocycles. The van der Waals surface area contributed by atoms with Crippen molar-refractivity contribution in [1.29, 1.82) is 0 Å². The Morgan fingerprint density at radius 1 is 0.842 bits per heavy atom. The van der Waals surface area contributed by atoms with Gasteiger partial charge in [-0.3, -0.25) is 0 Å². The van der Waals surface area contributed by atoms with E-state index in [1.165, 1.54) is 16.7 Å². The summed E-state index contributed by atoms with van der Waals surface area (Å²) in [5.41, 5.74) is 4.99. The molecule has 2 rings (SSSR count). The van der Waals surface area contributed by atoms with Gasteiger partial charge in [0.2, 0.25) is 0 Å². The Hall–Kier alpha value is -1.89. The van der Waals surface area contributed by atoms with E-state index in [0.29, 0.717) is 6.42 Å². The second-order valence-electron chi connectivity index (χ2n) is 5.90. The van der Waals surface area contributed by atoms with Crippen LogP contribution in [0.15, 0.2) is 48.5 Å². The fourth-order valence-electron chi connectivity index (χ4n) is 2.09. The summed E-state index contributed by atoms with van der Waals surface area (Å²) in [5, 5.41) is 0. The Bertz CT molecular complexity index is 542. The molecule has 2 aromatic rings. The van der Waals surface area contributed by atoms with Crippen LogP contribution in [0.4, 0.5) is 0 Å². The zero-order valence-electron chi connectivity index (χ0n) is 11.8. The van der Waals surface area contributed by atoms with Gasteiger partial charge in [0, 0.05) is 6.42 Å².